The van der Waals surface area contributed by atoms with Gasteiger partial charge in [0.25, 0.3) is 6.71 Å². The summed E-state index contributed by atoms with van der Waals surface area (Å²) >= 11 is 0. The van der Waals surface area contributed by atoms with Gasteiger partial charge in [-0.2, -0.15) is 0 Å². The standard InChI is InChI=1S/C50H31BN2O2/c1-4-16-34(17-5-1)52(35-18-6-2-7-19-35)37-26-27-40-43(30-37)53(36-20-8-3-9-21-36)44-31-45-47-50(46(40)44)55-49-39-23-13-11-15-33(39)25-29-42(49)51(47)41-28-24-32-14-10-12-22-38(32)48(41)54-45/h1-31H. The molecule has 0 fully saturated rings. The van der Waals surface area contributed by atoms with Crippen molar-refractivity contribution in [3.63, 3.8) is 0 Å². The topological polar surface area (TPSA) is 26.6 Å². The van der Waals surface area contributed by atoms with Gasteiger partial charge in [0.1, 0.15) is 23.0 Å². The lowest BCUT2D eigenvalue weighted by molar-refractivity contribution is 0.474. The molecule has 3 heterocycles. The van der Waals surface area contributed by atoms with Crippen LogP contribution >= 0.6 is 0 Å². The highest BCUT2D eigenvalue weighted by molar-refractivity contribution is 6.98. The molecule has 10 aromatic rings. The Morgan fingerprint density at radius 1 is 0.418 bits per heavy atom. The molecule has 0 radical (unpaired) electrons. The van der Waals surface area contributed by atoms with E-state index >= 15 is 0 Å². The molecule has 5 heteroatoms. The van der Waals surface area contributed by atoms with E-state index in [1.165, 1.54) is 0 Å². The molecule has 0 atom stereocenters. The zero-order chi connectivity index (χ0) is 36.0. The second-order valence-corrected chi connectivity index (χ2v) is 14.4. The number of fused-ring (bicyclic) bond motifs is 12. The fourth-order valence-corrected chi connectivity index (χ4v) is 9.07. The summed E-state index contributed by atoms with van der Waals surface area (Å²) in [6.45, 7) is -0.0721. The highest BCUT2D eigenvalue weighted by atomic mass is 16.5. The molecule has 0 amide bonds. The normalized spacial score (nSPS) is 12.6. The number of ether oxygens (including phenoxy) is 2. The van der Waals surface area contributed by atoms with Crippen LogP contribution in [0.25, 0.3) is 49.0 Å². The fourth-order valence-electron chi connectivity index (χ4n) is 9.07. The van der Waals surface area contributed by atoms with Gasteiger partial charge in [0.15, 0.2) is 0 Å². The third-order valence-corrected chi connectivity index (χ3v) is 11.4. The summed E-state index contributed by atoms with van der Waals surface area (Å²) in [4.78, 5) is 2.32. The predicted molar refractivity (Wildman–Crippen MR) is 228 cm³/mol. The number of para-hydroxylation sites is 3. The van der Waals surface area contributed by atoms with Gasteiger partial charge in [-0.15, -0.1) is 0 Å². The van der Waals surface area contributed by atoms with Crippen molar-refractivity contribution in [1.29, 1.82) is 0 Å². The van der Waals surface area contributed by atoms with E-state index in [2.05, 4.69) is 198 Å². The summed E-state index contributed by atoms with van der Waals surface area (Å²) in [5, 5.41) is 6.72. The van der Waals surface area contributed by atoms with Crippen LogP contribution in [0.15, 0.2) is 188 Å². The minimum Gasteiger partial charge on any atom is -0.458 e. The van der Waals surface area contributed by atoms with Crippen molar-refractivity contribution in [2.24, 2.45) is 0 Å². The van der Waals surface area contributed by atoms with Crippen LogP contribution in [0.2, 0.25) is 0 Å². The average Bonchev–Trinajstić information content (AvgIpc) is 3.58. The molecule has 1 aromatic heterocycles. The second kappa shape index (κ2) is 11.6. The summed E-state index contributed by atoms with van der Waals surface area (Å²) in [6.07, 6.45) is 0. The molecular formula is C50H31BN2O2. The highest BCUT2D eigenvalue weighted by Crippen LogP contribution is 2.48. The first-order valence-electron chi connectivity index (χ1n) is 18.8. The maximum absolute atomic E-state index is 7.32. The van der Waals surface area contributed by atoms with Crippen molar-refractivity contribution in [1.82, 2.24) is 4.57 Å². The van der Waals surface area contributed by atoms with Crippen LogP contribution < -0.4 is 30.8 Å². The van der Waals surface area contributed by atoms with Crippen LogP contribution in [0.5, 0.6) is 23.0 Å². The molecule has 9 aromatic carbocycles. The molecule has 2 aliphatic rings. The van der Waals surface area contributed by atoms with E-state index < -0.39 is 0 Å². The fraction of sp³-hybridized carbons (Fsp3) is 0. The van der Waals surface area contributed by atoms with Crippen molar-refractivity contribution in [2.45, 2.75) is 0 Å². The van der Waals surface area contributed by atoms with Gasteiger partial charge in [-0.05, 0) is 76.3 Å². The Bertz CT molecular complexity index is 3110. The lowest BCUT2D eigenvalue weighted by Crippen LogP contribution is -2.57. The first kappa shape index (κ1) is 30.2. The third kappa shape index (κ3) is 4.41. The second-order valence-electron chi connectivity index (χ2n) is 14.4. The van der Waals surface area contributed by atoms with E-state index in [1.54, 1.807) is 0 Å². The Morgan fingerprint density at radius 3 is 1.62 bits per heavy atom. The molecular weight excluding hydrogens is 671 g/mol. The Hall–Kier alpha value is -7.24. The van der Waals surface area contributed by atoms with Gasteiger partial charge in [-0.25, -0.2) is 0 Å². The average molecular weight is 703 g/mol. The van der Waals surface area contributed by atoms with Gasteiger partial charge in [0.2, 0.25) is 0 Å². The van der Waals surface area contributed by atoms with Crippen LogP contribution in [0.3, 0.4) is 0 Å². The minimum absolute atomic E-state index is 0.0721. The van der Waals surface area contributed by atoms with Gasteiger partial charge >= 0.3 is 0 Å². The zero-order valence-electron chi connectivity index (χ0n) is 29.7. The van der Waals surface area contributed by atoms with Crippen molar-refractivity contribution in [3.8, 4) is 28.7 Å². The lowest BCUT2D eigenvalue weighted by atomic mass is 9.34. The molecule has 256 valence electrons. The van der Waals surface area contributed by atoms with E-state index in [-0.39, 0.29) is 6.71 Å². The first-order valence-corrected chi connectivity index (χ1v) is 18.8. The van der Waals surface area contributed by atoms with Crippen LogP contribution in [0, 0.1) is 0 Å². The maximum atomic E-state index is 7.32. The van der Waals surface area contributed by atoms with E-state index in [4.69, 9.17) is 9.47 Å². The van der Waals surface area contributed by atoms with Crippen molar-refractivity contribution in [2.75, 3.05) is 4.90 Å². The van der Waals surface area contributed by atoms with E-state index in [9.17, 15) is 0 Å². The zero-order valence-corrected chi connectivity index (χ0v) is 29.7. The molecule has 4 nitrogen and oxygen atoms in total. The predicted octanol–water partition coefficient (Wildman–Crippen LogP) is 11.3. The third-order valence-electron chi connectivity index (χ3n) is 11.4. The quantitative estimate of drug-likeness (QED) is 0.171. The Labute approximate surface area is 318 Å². The van der Waals surface area contributed by atoms with Gasteiger partial charge in [0.05, 0.1) is 16.4 Å². The van der Waals surface area contributed by atoms with Crippen molar-refractivity contribution < 1.29 is 9.47 Å². The first-order chi connectivity index (χ1) is 27.3. The largest absolute Gasteiger partial charge is 0.458 e. The molecule has 0 unspecified atom stereocenters. The number of hydrogen-bond acceptors (Lipinski definition) is 3. The summed E-state index contributed by atoms with van der Waals surface area (Å²) in [5.74, 6) is 3.50. The van der Waals surface area contributed by atoms with E-state index in [0.29, 0.717) is 0 Å². The monoisotopic (exact) mass is 702 g/mol. The smallest absolute Gasteiger partial charge is 0.260 e. The molecule has 12 rings (SSSR count). The lowest BCUT2D eigenvalue weighted by Gasteiger charge is -2.34. The molecule has 0 saturated carbocycles. The summed E-state index contributed by atoms with van der Waals surface area (Å²) < 4.78 is 16.8. The Balaban J connectivity index is 1.20. The molecule has 0 spiro atoms. The Morgan fingerprint density at radius 2 is 0.982 bits per heavy atom. The summed E-state index contributed by atoms with van der Waals surface area (Å²) in [6, 6.07) is 66.9. The van der Waals surface area contributed by atoms with E-state index in [1.807, 2.05) is 0 Å². The van der Waals surface area contributed by atoms with Crippen LogP contribution in [0.4, 0.5) is 17.1 Å². The van der Waals surface area contributed by atoms with Crippen LogP contribution in [-0.2, 0) is 0 Å². The van der Waals surface area contributed by atoms with Gasteiger partial charge in [-0.1, -0.05) is 127 Å². The molecule has 2 aliphatic heterocycles. The summed E-state index contributed by atoms with van der Waals surface area (Å²) in [7, 11) is 0. The van der Waals surface area contributed by atoms with Gasteiger partial charge in [0, 0.05) is 50.4 Å². The number of aromatic nitrogens is 1. The number of anilines is 3. The molecule has 0 saturated heterocycles. The molecule has 0 bridgehead atoms. The van der Waals surface area contributed by atoms with Gasteiger partial charge < -0.3 is 18.9 Å². The van der Waals surface area contributed by atoms with Crippen molar-refractivity contribution in [3.05, 3.63) is 188 Å². The molecule has 0 aliphatic carbocycles. The molecule has 0 N–H and O–H groups in total. The van der Waals surface area contributed by atoms with Gasteiger partial charge in [-0.3, -0.25) is 0 Å². The highest BCUT2D eigenvalue weighted by Gasteiger charge is 2.43. The van der Waals surface area contributed by atoms with Crippen molar-refractivity contribution >= 4 is 83.5 Å². The number of nitrogens with zero attached hydrogens (tertiary/aromatic N) is 2. The molecule has 55 heavy (non-hydrogen) atoms. The SMILES string of the molecule is c1ccc(N(c2ccccc2)c2ccc3c4c5c6c(cc4n(-c4ccccc4)c3c2)Oc2c(ccc3ccccc23)B6c2ccc3ccccc3c2O5)cc1. The minimum atomic E-state index is -0.0721. The number of rotatable bonds is 4. The maximum Gasteiger partial charge on any atom is 0.260 e. The van der Waals surface area contributed by atoms with Crippen LogP contribution in [0.1, 0.15) is 0 Å². The Kier molecular flexibility index (Phi) is 6.40. The number of benzene rings is 9. The summed E-state index contributed by atoms with van der Waals surface area (Å²) in [5.41, 5.74) is 9.81. The number of hydrogen-bond donors (Lipinski definition) is 0. The van der Waals surface area contributed by atoms with Crippen LogP contribution in [-0.4, -0.2) is 11.3 Å². The van der Waals surface area contributed by atoms with E-state index in [0.717, 1.165) is 105 Å².